The van der Waals surface area contributed by atoms with E-state index in [1.165, 1.54) is 16.0 Å². The van der Waals surface area contributed by atoms with E-state index >= 15 is 4.39 Å². The molecule has 2 amide bonds. The van der Waals surface area contributed by atoms with Crippen molar-refractivity contribution in [1.82, 2.24) is 19.4 Å². The van der Waals surface area contributed by atoms with Crippen molar-refractivity contribution in [2.24, 2.45) is 0 Å². The molecule has 0 aliphatic carbocycles. The van der Waals surface area contributed by atoms with Gasteiger partial charge in [0.05, 0.1) is 46.5 Å². The third kappa shape index (κ3) is 3.86. The molecule has 1 unspecified atom stereocenters. The number of nitrogens with zero attached hydrogens (tertiary/aromatic N) is 6. The first kappa shape index (κ1) is 26.9. The summed E-state index contributed by atoms with van der Waals surface area (Å²) in [4.78, 5) is 38.9. The van der Waals surface area contributed by atoms with Crippen LogP contribution in [0, 0.1) is 12.7 Å². The lowest BCUT2D eigenvalue weighted by Gasteiger charge is -2.49. The van der Waals surface area contributed by atoms with Gasteiger partial charge in [0.15, 0.2) is 5.82 Å². The van der Waals surface area contributed by atoms with E-state index in [2.05, 4.69) is 4.98 Å². The molecule has 4 aromatic rings. The molecule has 218 valence electrons. The number of amides is 2. The minimum Gasteiger partial charge on any atom is -0.465 e. The molecular weight excluding hydrogens is 563 g/mol. The van der Waals surface area contributed by atoms with Gasteiger partial charge in [0, 0.05) is 42.8 Å². The fourth-order valence-electron chi connectivity index (χ4n) is 6.75. The lowest BCUT2D eigenvalue weighted by atomic mass is 9.94. The number of imidazole rings is 1. The highest BCUT2D eigenvalue weighted by atomic mass is 35.5. The van der Waals surface area contributed by atoms with E-state index in [-0.39, 0.29) is 47.4 Å². The number of aryl methyl sites for hydroxylation is 1. The molecule has 0 saturated carbocycles. The predicted octanol–water partition coefficient (Wildman–Crippen LogP) is 5.59. The van der Waals surface area contributed by atoms with Crippen LogP contribution in [0.1, 0.15) is 38.0 Å². The third-order valence-electron chi connectivity index (χ3n) is 8.93. The van der Waals surface area contributed by atoms with E-state index in [0.29, 0.717) is 34.4 Å². The first-order chi connectivity index (χ1) is 20.2. The number of carboxylic acid groups (broad SMARTS) is 1. The van der Waals surface area contributed by atoms with Crippen molar-refractivity contribution in [3.63, 3.8) is 0 Å². The van der Waals surface area contributed by atoms with Crippen molar-refractivity contribution in [3.8, 4) is 11.1 Å². The lowest BCUT2D eigenvalue weighted by Crippen LogP contribution is -2.65. The number of ether oxygens (including phenoxy) is 1. The molecule has 3 aliphatic rings. The second kappa shape index (κ2) is 9.81. The maximum absolute atomic E-state index is 16.7. The van der Waals surface area contributed by atoms with Crippen molar-refractivity contribution in [2.75, 3.05) is 36.5 Å². The van der Waals surface area contributed by atoms with Crippen molar-refractivity contribution in [2.45, 2.75) is 51.4 Å². The smallest absolute Gasteiger partial charge is 0.407 e. The number of aromatic nitrogens is 3. The van der Waals surface area contributed by atoms with Crippen molar-refractivity contribution in [3.05, 3.63) is 47.1 Å². The zero-order valence-corrected chi connectivity index (χ0v) is 24.2. The molecule has 10 nitrogen and oxygen atoms in total. The van der Waals surface area contributed by atoms with E-state index < -0.39 is 18.0 Å². The number of halogens is 2. The van der Waals surface area contributed by atoms with E-state index in [0.717, 1.165) is 30.3 Å². The molecule has 12 heteroatoms. The Labute approximate surface area is 246 Å². The summed E-state index contributed by atoms with van der Waals surface area (Å²) in [7, 11) is 1.62. The summed E-state index contributed by atoms with van der Waals surface area (Å²) in [6.07, 6.45) is 5.02. The lowest BCUT2D eigenvalue weighted by molar-refractivity contribution is -0.120. The minimum atomic E-state index is -1.08. The Hall–Kier alpha value is -3.96. The van der Waals surface area contributed by atoms with Gasteiger partial charge in [-0.25, -0.2) is 14.2 Å². The molecule has 1 N–H and O–H groups in total. The summed E-state index contributed by atoms with van der Waals surface area (Å²) in [5, 5.41) is 10.4. The number of carbonyl (C=O) groups excluding carboxylic acids is 1. The van der Waals surface area contributed by atoms with E-state index in [9.17, 15) is 14.7 Å². The maximum Gasteiger partial charge on any atom is 0.407 e. The number of piperazine rings is 1. The Balaban J connectivity index is 1.41. The van der Waals surface area contributed by atoms with Gasteiger partial charge in [-0.05, 0) is 50.8 Å². The summed E-state index contributed by atoms with van der Waals surface area (Å²) in [6, 6.07) is 4.49. The number of hydrogen-bond donors (Lipinski definition) is 1. The van der Waals surface area contributed by atoms with Gasteiger partial charge in [-0.3, -0.25) is 9.78 Å². The second-order valence-electron chi connectivity index (χ2n) is 11.4. The number of anilines is 2. The van der Waals surface area contributed by atoms with Crippen LogP contribution in [-0.2, 0) is 9.53 Å². The molecule has 0 spiro atoms. The fraction of sp³-hybridized carbons (Fsp3) is 0.400. The van der Waals surface area contributed by atoms with Gasteiger partial charge in [-0.1, -0.05) is 17.7 Å². The highest BCUT2D eigenvalue weighted by Gasteiger charge is 2.45. The molecule has 5 heterocycles. The highest BCUT2D eigenvalue weighted by Crippen LogP contribution is 2.47. The number of likely N-dealkylation sites (N-methyl/N-ethyl adjacent to an activating group) is 1. The number of carbonyl (C=O) groups is 2. The molecule has 3 atom stereocenters. The van der Waals surface area contributed by atoms with Gasteiger partial charge in [-0.2, -0.15) is 0 Å². The highest BCUT2D eigenvalue weighted by molar-refractivity contribution is 6.35. The molecule has 7 rings (SSSR count). The standard InChI is InChI=1S/C30H30ClFN6O4/c1-15-7-8-19-27(34-14-38(19)22-6-4-5-9-42-22)23(15)24-18(31)10-17-26(25(24)32)33-11-20-28(17)37-12-16(2)36(30(40)41)13-21(37)29(39)35(20)3/h7-8,10-11,14,16,21-22H,4-6,9,12-13H2,1-3H3,(H,40,41)/t16-,21-,22?/m1/s1. The Kier molecular flexibility index (Phi) is 6.28. The van der Waals surface area contributed by atoms with Crippen LogP contribution < -0.4 is 9.80 Å². The van der Waals surface area contributed by atoms with Gasteiger partial charge < -0.3 is 29.1 Å². The largest absolute Gasteiger partial charge is 0.465 e. The van der Waals surface area contributed by atoms with Gasteiger partial charge in [-0.15, -0.1) is 0 Å². The molecule has 2 aromatic carbocycles. The van der Waals surface area contributed by atoms with Crippen LogP contribution in [0.25, 0.3) is 33.1 Å². The first-order valence-corrected chi connectivity index (χ1v) is 14.5. The minimum absolute atomic E-state index is 0.00574. The summed E-state index contributed by atoms with van der Waals surface area (Å²) < 4.78 is 24.7. The van der Waals surface area contributed by atoms with Crippen LogP contribution in [0.3, 0.4) is 0 Å². The summed E-state index contributed by atoms with van der Waals surface area (Å²) in [6.45, 7) is 4.66. The van der Waals surface area contributed by atoms with E-state index in [4.69, 9.17) is 21.3 Å². The maximum atomic E-state index is 16.7. The topological polar surface area (TPSA) is 104 Å². The van der Waals surface area contributed by atoms with Crippen LogP contribution in [0.4, 0.5) is 20.6 Å². The van der Waals surface area contributed by atoms with Crippen molar-refractivity contribution >= 4 is 56.9 Å². The van der Waals surface area contributed by atoms with Gasteiger partial charge >= 0.3 is 6.09 Å². The molecule has 3 aliphatic heterocycles. The predicted molar refractivity (Wildman–Crippen MR) is 158 cm³/mol. The normalized spacial score (nSPS) is 22.5. The number of rotatable bonds is 2. The van der Waals surface area contributed by atoms with Crippen LogP contribution >= 0.6 is 11.6 Å². The van der Waals surface area contributed by atoms with Crippen LogP contribution in [0.15, 0.2) is 30.7 Å². The summed E-state index contributed by atoms with van der Waals surface area (Å²) in [5.41, 5.74) is 4.36. The summed E-state index contributed by atoms with van der Waals surface area (Å²) >= 11 is 6.93. The van der Waals surface area contributed by atoms with Gasteiger partial charge in [0.2, 0.25) is 0 Å². The number of hydrogen-bond acceptors (Lipinski definition) is 6. The molecule has 0 bridgehead atoms. The number of pyridine rings is 1. The van der Waals surface area contributed by atoms with Gasteiger partial charge in [0.1, 0.15) is 17.8 Å². The second-order valence-corrected chi connectivity index (χ2v) is 11.8. The fourth-order valence-corrected chi connectivity index (χ4v) is 7.04. The molecule has 42 heavy (non-hydrogen) atoms. The molecule has 2 fully saturated rings. The third-order valence-corrected chi connectivity index (χ3v) is 9.22. The monoisotopic (exact) mass is 592 g/mol. The molecule has 2 saturated heterocycles. The average Bonchev–Trinajstić information content (AvgIpc) is 3.40. The van der Waals surface area contributed by atoms with Crippen LogP contribution in [0.5, 0.6) is 0 Å². The molecule has 2 aromatic heterocycles. The van der Waals surface area contributed by atoms with Gasteiger partial charge in [0.25, 0.3) is 5.91 Å². The number of fused-ring (bicyclic) bond motifs is 6. The zero-order valence-electron chi connectivity index (χ0n) is 23.5. The van der Waals surface area contributed by atoms with Crippen molar-refractivity contribution < 1.29 is 23.8 Å². The Morgan fingerprint density at radius 1 is 1.17 bits per heavy atom. The van der Waals surface area contributed by atoms with Crippen LogP contribution in [0.2, 0.25) is 5.02 Å². The quantitative estimate of drug-likeness (QED) is 0.324. The zero-order chi connectivity index (χ0) is 29.4. The van der Waals surface area contributed by atoms with Crippen molar-refractivity contribution in [1.29, 1.82) is 0 Å². The SMILES string of the molecule is Cc1ccc2c(ncn2C2CCCCO2)c1-c1c(Cl)cc2c3c(cnc2c1F)N(C)C(=O)[C@H]1CN(C(=O)O)[C@H](C)CN31. The molecular formula is C30H30ClFN6O4. The van der Waals surface area contributed by atoms with E-state index in [1.54, 1.807) is 26.4 Å². The van der Waals surface area contributed by atoms with Crippen LogP contribution in [-0.4, -0.2) is 75.4 Å². The molecule has 0 radical (unpaired) electrons. The number of benzene rings is 2. The Morgan fingerprint density at radius 3 is 2.71 bits per heavy atom. The Bertz CT molecular complexity index is 1790. The Morgan fingerprint density at radius 2 is 1.98 bits per heavy atom. The summed E-state index contributed by atoms with van der Waals surface area (Å²) in [5.74, 6) is -0.822. The van der Waals surface area contributed by atoms with E-state index in [1.807, 2.05) is 28.5 Å². The average molecular weight is 593 g/mol. The first-order valence-electron chi connectivity index (χ1n) is 14.1.